The average molecular weight is 359 g/mol. The molecule has 1 aliphatic heterocycles. The van der Waals surface area contributed by atoms with Crippen molar-refractivity contribution in [2.75, 3.05) is 32.8 Å². The summed E-state index contributed by atoms with van der Waals surface area (Å²) >= 11 is 3.12. The molecule has 1 heterocycles. The van der Waals surface area contributed by atoms with Gasteiger partial charge in [-0.25, -0.2) is 4.39 Å². The van der Waals surface area contributed by atoms with Crippen molar-refractivity contribution in [2.45, 2.75) is 19.4 Å². The van der Waals surface area contributed by atoms with Crippen LogP contribution in [-0.4, -0.2) is 49.2 Å². The van der Waals surface area contributed by atoms with E-state index in [-0.39, 0.29) is 15.9 Å². The summed E-state index contributed by atoms with van der Waals surface area (Å²) in [6.45, 7) is 7.80. The van der Waals surface area contributed by atoms with Crippen molar-refractivity contribution in [1.82, 2.24) is 10.2 Å². The first kappa shape index (κ1) is 16.4. The van der Waals surface area contributed by atoms with Crippen LogP contribution < -0.4 is 5.32 Å². The molecule has 1 saturated heterocycles. The van der Waals surface area contributed by atoms with Crippen LogP contribution >= 0.6 is 15.9 Å². The number of hydrogen-bond donors (Lipinski definition) is 1. The molecule has 1 aromatic rings. The van der Waals surface area contributed by atoms with E-state index in [0.717, 1.165) is 13.1 Å². The van der Waals surface area contributed by atoms with Gasteiger partial charge in [-0.15, -0.1) is 0 Å². The van der Waals surface area contributed by atoms with Crippen LogP contribution in [0.1, 0.15) is 24.2 Å². The first-order valence-corrected chi connectivity index (χ1v) is 7.76. The van der Waals surface area contributed by atoms with Crippen LogP contribution in [-0.2, 0) is 4.74 Å². The highest BCUT2D eigenvalue weighted by Crippen LogP contribution is 2.21. The summed E-state index contributed by atoms with van der Waals surface area (Å²) in [5.41, 5.74) is 0.145. The van der Waals surface area contributed by atoms with E-state index >= 15 is 0 Å². The normalized spacial score (nSPS) is 16.8. The second-order valence-electron chi connectivity index (χ2n) is 5.70. The van der Waals surface area contributed by atoms with Crippen molar-refractivity contribution in [1.29, 1.82) is 0 Å². The molecular formula is C15H20BrFN2O2. The zero-order chi connectivity index (χ0) is 15.5. The Labute approximate surface area is 132 Å². The molecule has 1 amide bonds. The Morgan fingerprint density at radius 3 is 2.76 bits per heavy atom. The number of morpholine rings is 1. The first-order chi connectivity index (χ1) is 9.92. The Balaban J connectivity index is 1.98. The molecule has 1 aliphatic rings. The van der Waals surface area contributed by atoms with Crippen LogP contribution in [0.4, 0.5) is 4.39 Å². The maximum absolute atomic E-state index is 13.5. The Hall–Kier alpha value is -0.980. The molecule has 1 aromatic carbocycles. The molecule has 0 atom stereocenters. The van der Waals surface area contributed by atoms with Crippen molar-refractivity contribution >= 4 is 21.8 Å². The van der Waals surface area contributed by atoms with Crippen LogP contribution in [0.3, 0.4) is 0 Å². The van der Waals surface area contributed by atoms with Crippen LogP contribution in [0, 0.1) is 5.82 Å². The van der Waals surface area contributed by atoms with Gasteiger partial charge in [-0.3, -0.25) is 9.69 Å². The van der Waals surface area contributed by atoms with Gasteiger partial charge in [0.15, 0.2) is 0 Å². The number of ether oxygens (including phenoxy) is 1. The van der Waals surface area contributed by atoms with E-state index in [1.54, 1.807) is 6.07 Å². The zero-order valence-electron chi connectivity index (χ0n) is 12.3. The Morgan fingerprint density at radius 2 is 2.10 bits per heavy atom. The van der Waals surface area contributed by atoms with Gasteiger partial charge in [0.25, 0.3) is 5.91 Å². The minimum absolute atomic E-state index is 0.167. The van der Waals surface area contributed by atoms with E-state index in [2.05, 4.69) is 40.0 Å². The second kappa shape index (κ2) is 6.85. The lowest BCUT2D eigenvalue weighted by molar-refractivity contribution is -0.00923. The minimum atomic E-state index is -0.435. The number of rotatable bonds is 4. The van der Waals surface area contributed by atoms with Crippen molar-refractivity contribution in [2.24, 2.45) is 0 Å². The molecule has 6 heteroatoms. The van der Waals surface area contributed by atoms with Gasteiger partial charge in [-0.2, -0.15) is 0 Å². The summed E-state index contributed by atoms with van der Waals surface area (Å²) in [6, 6.07) is 4.45. The molecule has 0 bridgehead atoms. The maximum atomic E-state index is 13.5. The summed E-state index contributed by atoms with van der Waals surface area (Å²) in [7, 11) is 0. The molecule has 116 valence electrons. The summed E-state index contributed by atoms with van der Waals surface area (Å²) in [4.78, 5) is 14.5. The van der Waals surface area contributed by atoms with E-state index < -0.39 is 5.82 Å². The van der Waals surface area contributed by atoms with E-state index in [9.17, 15) is 9.18 Å². The third kappa shape index (κ3) is 4.02. The fourth-order valence-electron chi connectivity index (χ4n) is 2.35. The number of benzene rings is 1. The quantitative estimate of drug-likeness (QED) is 0.898. The fourth-order valence-corrected chi connectivity index (χ4v) is 2.80. The number of halogens is 2. The van der Waals surface area contributed by atoms with Crippen LogP contribution in [0.25, 0.3) is 0 Å². The SMILES string of the molecule is CC(C)(CNC(=O)c1cccc(F)c1Br)N1CCOCC1. The van der Waals surface area contributed by atoms with E-state index in [4.69, 9.17) is 4.74 Å². The molecule has 1 N–H and O–H groups in total. The standard InChI is InChI=1S/C15H20BrFN2O2/c1-15(2,19-6-8-21-9-7-19)10-18-14(20)11-4-3-5-12(17)13(11)16/h3-5H,6-10H2,1-2H3,(H,18,20). The lowest BCUT2D eigenvalue weighted by atomic mass is 10.0. The molecular weight excluding hydrogens is 339 g/mol. The van der Waals surface area contributed by atoms with Crippen LogP contribution in [0.2, 0.25) is 0 Å². The first-order valence-electron chi connectivity index (χ1n) is 6.97. The highest BCUT2D eigenvalue weighted by molar-refractivity contribution is 9.10. The Kier molecular flexibility index (Phi) is 5.35. The molecule has 0 aliphatic carbocycles. The molecule has 21 heavy (non-hydrogen) atoms. The average Bonchev–Trinajstić information content (AvgIpc) is 2.49. The number of carbonyl (C=O) groups excluding carboxylic acids is 1. The maximum Gasteiger partial charge on any atom is 0.252 e. The van der Waals surface area contributed by atoms with Gasteiger partial charge in [0.2, 0.25) is 0 Å². The van der Waals surface area contributed by atoms with Crippen molar-refractivity contribution < 1.29 is 13.9 Å². The summed E-state index contributed by atoms with van der Waals surface area (Å²) in [5, 5.41) is 2.89. The predicted molar refractivity (Wildman–Crippen MR) is 82.9 cm³/mol. The Morgan fingerprint density at radius 1 is 1.43 bits per heavy atom. The van der Waals surface area contributed by atoms with Gasteiger partial charge in [-0.1, -0.05) is 6.07 Å². The summed E-state index contributed by atoms with van der Waals surface area (Å²) in [5.74, 6) is -0.710. The molecule has 0 radical (unpaired) electrons. The molecule has 0 saturated carbocycles. The van der Waals surface area contributed by atoms with Crippen molar-refractivity contribution in [3.63, 3.8) is 0 Å². The molecule has 2 rings (SSSR count). The number of amides is 1. The second-order valence-corrected chi connectivity index (χ2v) is 6.49. The van der Waals surface area contributed by atoms with Crippen molar-refractivity contribution in [3.05, 3.63) is 34.1 Å². The van der Waals surface area contributed by atoms with Crippen molar-refractivity contribution in [3.8, 4) is 0 Å². The number of carbonyl (C=O) groups is 1. The highest BCUT2D eigenvalue weighted by Gasteiger charge is 2.29. The van der Waals surface area contributed by atoms with E-state index in [1.807, 2.05) is 0 Å². The van der Waals surface area contributed by atoms with E-state index in [0.29, 0.717) is 25.3 Å². The lowest BCUT2D eigenvalue weighted by Crippen LogP contribution is -2.55. The van der Waals surface area contributed by atoms with Gasteiger partial charge in [-0.05, 0) is 41.9 Å². The van der Waals surface area contributed by atoms with E-state index in [1.165, 1.54) is 12.1 Å². The number of nitrogens with zero attached hydrogens (tertiary/aromatic N) is 1. The van der Waals surface area contributed by atoms with Crippen LogP contribution in [0.5, 0.6) is 0 Å². The minimum Gasteiger partial charge on any atom is -0.379 e. The fraction of sp³-hybridized carbons (Fsp3) is 0.533. The molecule has 0 spiro atoms. The monoisotopic (exact) mass is 358 g/mol. The van der Waals surface area contributed by atoms with Gasteiger partial charge in [0, 0.05) is 25.2 Å². The largest absolute Gasteiger partial charge is 0.379 e. The third-order valence-corrected chi connectivity index (χ3v) is 4.55. The van der Waals surface area contributed by atoms with Crippen LogP contribution in [0.15, 0.2) is 22.7 Å². The Bertz CT molecular complexity index is 516. The summed E-state index contributed by atoms with van der Waals surface area (Å²) in [6.07, 6.45) is 0. The highest BCUT2D eigenvalue weighted by atomic mass is 79.9. The number of nitrogens with one attached hydrogen (secondary N) is 1. The smallest absolute Gasteiger partial charge is 0.252 e. The molecule has 0 unspecified atom stereocenters. The summed E-state index contributed by atoms with van der Waals surface area (Å²) < 4.78 is 19.0. The number of hydrogen-bond acceptors (Lipinski definition) is 3. The third-order valence-electron chi connectivity index (χ3n) is 3.74. The van der Waals surface area contributed by atoms with Gasteiger partial charge in [0.1, 0.15) is 5.82 Å². The molecule has 4 nitrogen and oxygen atoms in total. The van der Waals surface area contributed by atoms with Gasteiger partial charge in [0.05, 0.1) is 23.2 Å². The predicted octanol–water partition coefficient (Wildman–Crippen LogP) is 2.43. The van der Waals surface area contributed by atoms with Gasteiger partial charge >= 0.3 is 0 Å². The lowest BCUT2D eigenvalue weighted by Gasteiger charge is -2.40. The zero-order valence-corrected chi connectivity index (χ0v) is 13.9. The molecule has 1 fully saturated rings. The van der Waals surface area contributed by atoms with Gasteiger partial charge < -0.3 is 10.1 Å². The topological polar surface area (TPSA) is 41.6 Å². The molecule has 0 aromatic heterocycles.